The number of rotatable bonds is 8. The zero-order chi connectivity index (χ0) is 17.9. The van der Waals surface area contributed by atoms with Crippen LogP contribution in [0.5, 0.6) is 0 Å². The number of carbonyl (C=O) groups excluding carboxylic acids is 2. The first-order valence-electron chi connectivity index (χ1n) is 8.08. The Morgan fingerprint density at radius 1 is 0.958 bits per heavy atom. The van der Waals surface area contributed by atoms with Crippen molar-refractivity contribution in [1.29, 1.82) is 0 Å². The highest BCUT2D eigenvalue weighted by molar-refractivity contribution is 5.74. The van der Waals surface area contributed by atoms with Crippen LogP contribution in [-0.2, 0) is 13.1 Å². The molecule has 1 aromatic carbocycles. The van der Waals surface area contributed by atoms with Gasteiger partial charge in [-0.1, -0.05) is 24.3 Å². The summed E-state index contributed by atoms with van der Waals surface area (Å²) in [7, 11) is 7.42. The predicted octanol–water partition coefficient (Wildman–Crippen LogP) is 1.21. The van der Waals surface area contributed by atoms with Gasteiger partial charge in [0.25, 0.3) is 0 Å². The molecular weight excluding hydrogens is 306 g/mol. The highest BCUT2D eigenvalue weighted by Gasteiger charge is 2.04. The van der Waals surface area contributed by atoms with E-state index in [1.54, 1.807) is 14.1 Å². The number of nitrogens with zero attached hydrogens (tertiary/aromatic N) is 2. The average Bonchev–Trinajstić information content (AvgIpc) is 2.54. The van der Waals surface area contributed by atoms with Gasteiger partial charge in [0.2, 0.25) is 0 Å². The minimum absolute atomic E-state index is 0.129. The summed E-state index contributed by atoms with van der Waals surface area (Å²) >= 11 is 0. The van der Waals surface area contributed by atoms with Crippen molar-refractivity contribution in [1.82, 2.24) is 25.8 Å². The molecule has 0 heterocycles. The summed E-state index contributed by atoms with van der Waals surface area (Å²) in [6, 6.07) is 7.49. The quantitative estimate of drug-likeness (QED) is 0.625. The third-order valence-electron chi connectivity index (χ3n) is 3.36. The molecule has 0 radical (unpaired) electrons. The van der Waals surface area contributed by atoms with E-state index in [1.165, 1.54) is 4.90 Å². The van der Waals surface area contributed by atoms with Crippen molar-refractivity contribution in [2.45, 2.75) is 19.5 Å². The molecule has 0 saturated heterocycles. The summed E-state index contributed by atoms with van der Waals surface area (Å²) in [6.45, 7) is 2.51. The van der Waals surface area contributed by atoms with Crippen molar-refractivity contribution in [2.24, 2.45) is 0 Å². The first-order valence-corrected chi connectivity index (χ1v) is 8.08. The monoisotopic (exact) mass is 335 g/mol. The van der Waals surface area contributed by atoms with Crippen LogP contribution in [0.4, 0.5) is 9.59 Å². The molecule has 0 atom stereocenters. The van der Waals surface area contributed by atoms with Gasteiger partial charge >= 0.3 is 12.1 Å². The molecule has 7 nitrogen and oxygen atoms in total. The van der Waals surface area contributed by atoms with Gasteiger partial charge in [0.15, 0.2) is 0 Å². The van der Waals surface area contributed by atoms with Crippen LogP contribution in [0, 0.1) is 0 Å². The Labute approximate surface area is 144 Å². The van der Waals surface area contributed by atoms with Crippen LogP contribution < -0.4 is 16.0 Å². The van der Waals surface area contributed by atoms with Gasteiger partial charge in [-0.15, -0.1) is 0 Å². The number of benzene rings is 1. The smallest absolute Gasteiger partial charge is 0.317 e. The van der Waals surface area contributed by atoms with Gasteiger partial charge in [0.1, 0.15) is 0 Å². The van der Waals surface area contributed by atoms with E-state index in [0.29, 0.717) is 19.6 Å². The second-order valence-electron chi connectivity index (χ2n) is 6.14. The summed E-state index contributed by atoms with van der Waals surface area (Å²) in [5.74, 6) is 0. The maximum atomic E-state index is 11.7. The van der Waals surface area contributed by atoms with Crippen molar-refractivity contribution in [3.63, 3.8) is 0 Å². The van der Waals surface area contributed by atoms with Gasteiger partial charge in [0.05, 0.1) is 0 Å². The molecule has 134 valence electrons. The van der Waals surface area contributed by atoms with Crippen LogP contribution in [0.25, 0.3) is 0 Å². The third kappa shape index (κ3) is 8.38. The van der Waals surface area contributed by atoms with Crippen molar-refractivity contribution in [3.8, 4) is 0 Å². The first-order chi connectivity index (χ1) is 11.4. The molecule has 0 aliphatic rings. The summed E-state index contributed by atoms with van der Waals surface area (Å²) in [4.78, 5) is 26.8. The standard InChI is InChI=1S/C17H29N5O2/c1-21(2)10-6-9-18-16(23)19-12-14-7-5-8-15(11-14)13-20-17(24)22(3)4/h5,7-8,11H,6,9-10,12-13H2,1-4H3,(H,20,24)(H2,18,19,23). The zero-order valence-corrected chi connectivity index (χ0v) is 15.1. The van der Waals surface area contributed by atoms with Crippen LogP contribution in [0.3, 0.4) is 0 Å². The molecule has 4 amide bonds. The lowest BCUT2D eigenvalue weighted by atomic mass is 10.1. The summed E-state index contributed by atoms with van der Waals surface area (Å²) in [5.41, 5.74) is 1.99. The van der Waals surface area contributed by atoms with E-state index >= 15 is 0 Å². The second kappa shape index (κ2) is 10.5. The lowest BCUT2D eigenvalue weighted by Crippen LogP contribution is -2.36. The average molecular weight is 335 g/mol. The topological polar surface area (TPSA) is 76.7 Å². The molecule has 0 spiro atoms. The Morgan fingerprint density at radius 2 is 1.58 bits per heavy atom. The van der Waals surface area contributed by atoms with E-state index in [0.717, 1.165) is 24.1 Å². The number of hydrogen-bond donors (Lipinski definition) is 3. The normalized spacial score (nSPS) is 10.4. The largest absolute Gasteiger partial charge is 0.338 e. The number of amides is 4. The van der Waals surface area contributed by atoms with Crippen LogP contribution >= 0.6 is 0 Å². The molecule has 1 rings (SSSR count). The number of nitrogens with one attached hydrogen (secondary N) is 3. The first kappa shape index (κ1) is 19.8. The number of urea groups is 2. The van der Waals surface area contributed by atoms with Gasteiger partial charge in [-0.3, -0.25) is 0 Å². The van der Waals surface area contributed by atoms with Crippen LogP contribution in [0.1, 0.15) is 17.5 Å². The molecule has 3 N–H and O–H groups in total. The van der Waals surface area contributed by atoms with E-state index in [-0.39, 0.29) is 12.1 Å². The lowest BCUT2D eigenvalue weighted by molar-refractivity contribution is 0.217. The summed E-state index contributed by atoms with van der Waals surface area (Å²) in [6.07, 6.45) is 0.918. The van der Waals surface area contributed by atoms with E-state index in [2.05, 4.69) is 20.9 Å². The lowest BCUT2D eigenvalue weighted by Gasteiger charge is -2.13. The van der Waals surface area contributed by atoms with Crippen molar-refractivity contribution in [3.05, 3.63) is 35.4 Å². The molecule has 7 heteroatoms. The SMILES string of the molecule is CN(C)CCCNC(=O)NCc1cccc(CNC(=O)N(C)C)c1. The second-order valence-corrected chi connectivity index (χ2v) is 6.14. The molecule has 0 aliphatic carbocycles. The highest BCUT2D eigenvalue weighted by Crippen LogP contribution is 2.05. The van der Waals surface area contributed by atoms with Crippen molar-refractivity contribution in [2.75, 3.05) is 41.3 Å². The number of carbonyl (C=O) groups is 2. The van der Waals surface area contributed by atoms with E-state index in [4.69, 9.17) is 0 Å². The van der Waals surface area contributed by atoms with Crippen LogP contribution in [-0.4, -0.2) is 63.1 Å². The summed E-state index contributed by atoms with van der Waals surface area (Å²) < 4.78 is 0. The molecule has 0 saturated carbocycles. The molecule has 0 aromatic heterocycles. The highest BCUT2D eigenvalue weighted by atomic mass is 16.2. The van der Waals surface area contributed by atoms with E-state index in [1.807, 2.05) is 38.4 Å². The Morgan fingerprint density at radius 3 is 2.17 bits per heavy atom. The Kier molecular flexibility index (Phi) is 8.64. The number of hydrogen-bond acceptors (Lipinski definition) is 3. The van der Waals surface area contributed by atoms with E-state index < -0.39 is 0 Å². The van der Waals surface area contributed by atoms with E-state index in [9.17, 15) is 9.59 Å². The molecule has 0 fully saturated rings. The van der Waals surface area contributed by atoms with Gasteiger partial charge in [0, 0.05) is 33.7 Å². The molecule has 0 aliphatic heterocycles. The minimum Gasteiger partial charge on any atom is -0.338 e. The van der Waals surface area contributed by atoms with Gasteiger partial charge in [-0.05, 0) is 38.2 Å². The fourth-order valence-electron chi connectivity index (χ4n) is 2.03. The molecule has 1 aromatic rings. The molecule has 0 bridgehead atoms. The Balaban J connectivity index is 2.33. The van der Waals surface area contributed by atoms with Gasteiger partial charge in [-0.25, -0.2) is 9.59 Å². The van der Waals surface area contributed by atoms with Gasteiger partial charge in [-0.2, -0.15) is 0 Å². The summed E-state index contributed by atoms with van der Waals surface area (Å²) in [5, 5.41) is 8.49. The van der Waals surface area contributed by atoms with Crippen LogP contribution in [0.2, 0.25) is 0 Å². The Hall–Kier alpha value is -2.28. The predicted molar refractivity (Wildman–Crippen MR) is 95.8 cm³/mol. The molecule has 0 unspecified atom stereocenters. The van der Waals surface area contributed by atoms with Crippen molar-refractivity contribution >= 4 is 12.1 Å². The minimum atomic E-state index is -0.167. The molecule has 24 heavy (non-hydrogen) atoms. The van der Waals surface area contributed by atoms with Gasteiger partial charge < -0.3 is 25.8 Å². The van der Waals surface area contributed by atoms with Crippen molar-refractivity contribution < 1.29 is 9.59 Å². The third-order valence-corrected chi connectivity index (χ3v) is 3.36. The van der Waals surface area contributed by atoms with Crippen LogP contribution in [0.15, 0.2) is 24.3 Å². The maximum absolute atomic E-state index is 11.7. The molecular formula is C17H29N5O2. The Bertz CT molecular complexity index is 531. The fraction of sp³-hybridized carbons (Fsp3) is 0.529. The zero-order valence-electron chi connectivity index (χ0n) is 15.1. The maximum Gasteiger partial charge on any atom is 0.317 e. The fourth-order valence-corrected chi connectivity index (χ4v) is 2.03.